The van der Waals surface area contributed by atoms with E-state index in [1.54, 1.807) is 7.05 Å². The predicted molar refractivity (Wildman–Crippen MR) is 56.2 cm³/mol. The molecule has 0 aromatic carbocycles. The molecule has 1 atom stereocenters. The highest BCUT2D eigenvalue weighted by Crippen LogP contribution is 2.19. The topological polar surface area (TPSA) is 84.5 Å². The maximum absolute atomic E-state index is 11.1. The van der Waals surface area contributed by atoms with Crippen LogP contribution in [0.2, 0.25) is 0 Å². The van der Waals surface area contributed by atoms with Crippen LogP contribution in [0.15, 0.2) is 4.99 Å². The predicted octanol–water partition coefficient (Wildman–Crippen LogP) is -0.488. The van der Waals surface area contributed by atoms with Crippen molar-refractivity contribution in [2.75, 3.05) is 12.8 Å². The van der Waals surface area contributed by atoms with Crippen LogP contribution in [0.5, 0.6) is 0 Å². The molecule has 1 aliphatic rings. The Morgan fingerprint density at radius 2 is 2.43 bits per heavy atom. The summed E-state index contributed by atoms with van der Waals surface area (Å²) in [5, 5.41) is 2.02. The molecule has 5 nitrogen and oxygen atoms in total. The molecular weight excluding hydrogens is 202 g/mol. The molecule has 0 aliphatic carbocycles. The SMILES string of the molecule is CN=C(N)CCSC1CC(=O)NC1=O. The Kier molecular flexibility index (Phi) is 3.94. The highest BCUT2D eigenvalue weighted by atomic mass is 32.2. The van der Waals surface area contributed by atoms with Gasteiger partial charge in [-0.2, -0.15) is 0 Å². The third-order valence-corrected chi connectivity index (χ3v) is 3.11. The van der Waals surface area contributed by atoms with Crippen LogP contribution in [0.3, 0.4) is 0 Å². The van der Waals surface area contributed by atoms with E-state index < -0.39 is 0 Å². The number of carbonyl (C=O) groups excluding carboxylic acids is 2. The van der Waals surface area contributed by atoms with Crippen molar-refractivity contribution in [1.82, 2.24) is 5.32 Å². The number of hydrogen-bond donors (Lipinski definition) is 2. The molecule has 6 heteroatoms. The number of amides is 2. The second kappa shape index (κ2) is 4.99. The van der Waals surface area contributed by atoms with Gasteiger partial charge < -0.3 is 5.73 Å². The Hall–Kier alpha value is -1.04. The lowest BCUT2D eigenvalue weighted by atomic mass is 10.4. The molecule has 1 aliphatic heterocycles. The third kappa shape index (κ3) is 3.02. The van der Waals surface area contributed by atoms with E-state index in [0.29, 0.717) is 18.0 Å². The molecule has 1 saturated heterocycles. The van der Waals surface area contributed by atoms with Gasteiger partial charge in [0.2, 0.25) is 11.8 Å². The van der Waals surface area contributed by atoms with Gasteiger partial charge in [0.05, 0.1) is 11.1 Å². The molecule has 0 radical (unpaired) electrons. The van der Waals surface area contributed by atoms with Crippen LogP contribution in [-0.4, -0.2) is 35.7 Å². The number of nitrogens with one attached hydrogen (secondary N) is 1. The van der Waals surface area contributed by atoms with E-state index in [1.165, 1.54) is 11.8 Å². The number of nitrogens with two attached hydrogens (primary N) is 1. The zero-order valence-corrected chi connectivity index (χ0v) is 8.76. The first-order valence-electron chi connectivity index (χ1n) is 4.30. The number of hydrogen-bond acceptors (Lipinski definition) is 4. The van der Waals surface area contributed by atoms with Crippen molar-refractivity contribution in [2.24, 2.45) is 10.7 Å². The first kappa shape index (κ1) is 11.0. The zero-order chi connectivity index (χ0) is 10.6. The number of imide groups is 1. The van der Waals surface area contributed by atoms with Crippen LogP contribution in [0.1, 0.15) is 12.8 Å². The van der Waals surface area contributed by atoms with Crippen LogP contribution in [0, 0.1) is 0 Å². The Bertz CT molecular complexity index is 278. The van der Waals surface area contributed by atoms with Crippen molar-refractivity contribution >= 4 is 29.4 Å². The molecule has 1 rings (SSSR count). The number of rotatable bonds is 4. The first-order valence-corrected chi connectivity index (χ1v) is 5.34. The van der Waals surface area contributed by atoms with E-state index >= 15 is 0 Å². The van der Waals surface area contributed by atoms with Crippen LogP contribution in [0.25, 0.3) is 0 Å². The van der Waals surface area contributed by atoms with Crippen molar-refractivity contribution < 1.29 is 9.59 Å². The number of thioether (sulfide) groups is 1. The Morgan fingerprint density at radius 3 is 2.93 bits per heavy atom. The van der Waals surface area contributed by atoms with Crippen LogP contribution >= 0.6 is 11.8 Å². The van der Waals surface area contributed by atoms with E-state index in [4.69, 9.17) is 5.73 Å². The van der Waals surface area contributed by atoms with E-state index in [0.717, 1.165) is 0 Å². The third-order valence-electron chi connectivity index (χ3n) is 1.89. The average molecular weight is 215 g/mol. The van der Waals surface area contributed by atoms with Gasteiger partial charge in [0.25, 0.3) is 0 Å². The molecular formula is C8H13N3O2S. The van der Waals surface area contributed by atoms with E-state index in [1.807, 2.05) is 0 Å². The number of aliphatic imine (C=N–C) groups is 1. The smallest absolute Gasteiger partial charge is 0.240 e. The largest absolute Gasteiger partial charge is 0.387 e. The van der Waals surface area contributed by atoms with Gasteiger partial charge in [-0.25, -0.2) is 0 Å². The first-order chi connectivity index (χ1) is 6.63. The lowest BCUT2D eigenvalue weighted by Gasteiger charge is -2.04. The minimum Gasteiger partial charge on any atom is -0.387 e. The normalized spacial score (nSPS) is 22.6. The number of amidine groups is 1. The quantitative estimate of drug-likeness (QED) is 0.376. The molecule has 1 fully saturated rings. The molecule has 78 valence electrons. The van der Waals surface area contributed by atoms with Gasteiger partial charge >= 0.3 is 0 Å². The van der Waals surface area contributed by atoms with Crippen LogP contribution < -0.4 is 11.1 Å². The summed E-state index contributed by atoms with van der Waals surface area (Å²) in [6, 6.07) is 0. The molecule has 0 saturated carbocycles. The van der Waals surface area contributed by atoms with E-state index in [2.05, 4.69) is 10.3 Å². The Labute approximate surface area is 86.5 Å². The lowest BCUT2D eigenvalue weighted by Crippen LogP contribution is -2.23. The monoisotopic (exact) mass is 215 g/mol. The van der Waals surface area contributed by atoms with Gasteiger partial charge in [-0.05, 0) is 0 Å². The van der Waals surface area contributed by atoms with Gasteiger partial charge in [-0.3, -0.25) is 19.9 Å². The maximum Gasteiger partial charge on any atom is 0.240 e. The van der Waals surface area contributed by atoms with Gasteiger partial charge in [0, 0.05) is 25.6 Å². The van der Waals surface area contributed by atoms with Crippen molar-refractivity contribution in [3.63, 3.8) is 0 Å². The maximum atomic E-state index is 11.1. The van der Waals surface area contributed by atoms with Gasteiger partial charge in [-0.1, -0.05) is 0 Å². The zero-order valence-electron chi connectivity index (χ0n) is 7.95. The summed E-state index contributed by atoms with van der Waals surface area (Å²) in [5.41, 5.74) is 5.49. The van der Waals surface area contributed by atoms with Crippen molar-refractivity contribution in [1.29, 1.82) is 0 Å². The lowest BCUT2D eigenvalue weighted by molar-refractivity contribution is -0.124. The van der Waals surface area contributed by atoms with Crippen molar-refractivity contribution in [3.05, 3.63) is 0 Å². The number of nitrogens with zero attached hydrogens (tertiary/aromatic N) is 1. The molecule has 3 N–H and O–H groups in total. The van der Waals surface area contributed by atoms with Crippen LogP contribution in [0.4, 0.5) is 0 Å². The summed E-state index contributed by atoms with van der Waals surface area (Å²) in [6.07, 6.45) is 0.936. The molecule has 1 unspecified atom stereocenters. The molecule has 0 aromatic heterocycles. The minimum atomic E-state index is -0.243. The Balaban J connectivity index is 2.25. The van der Waals surface area contributed by atoms with Gasteiger partial charge in [0.15, 0.2) is 0 Å². The fourth-order valence-electron chi connectivity index (χ4n) is 1.08. The van der Waals surface area contributed by atoms with Crippen LogP contribution in [-0.2, 0) is 9.59 Å². The molecule has 0 spiro atoms. The highest BCUT2D eigenvalue weighted by Gasteiger charge is 2.30. The summed E-state index contributed by atoms with van der Waals surface area (Å²) in [5.74, 6) is 0.910. The molecule has 0 aromatic rings. The number of carbonyl (C=O) groups is 2. The molecule has 14 heavy (non-hydrogen) atoms. The highest BCUT2D eigenvalue weighted by molar-refractivity contribution is 8.00. The second-order valence-corrected chi connectivity index (χ2v) is 4.25. The summed E-state index contributed by atoms with van der Waals surface area (Å²) >= 11 is 1.45. The summed E-state index contributed by atoms with van der Waals surface area (Å²) in [4.78, 5) is 25.7. The van der Waals surface area contributed by atoms with E-state index in [9.17, 15) is 9.59 Å². The minimum absolute atomic E-state index is 0.188. The van der Waals surface area contributed by atoms with Gasteiger partial charge in [0.1, 0.15) is 0 Å². The molecule has 1 heterocycles. The fraction of sp³-hybridized carbons (Fsp3) is 0.625. The summed E-state index contributed by atoms with van der Waals surface area (Å²) in [7, 11) is 1.63. The van der Waals surface area contributed by atoms with Gasteiger partial charge in [-0.15, -0.1) is 11.8 Å². The fourth-order valence-corrected chi connectivity index (χ4v) is 2.17. The standard InChI is InChI=1S/C8H13N3O2S/c1-10-6(9)2-3-14-5-4-7(12)11-8(5)13/h5H,2-4H2,1H3,(H2,9,10)(H,11,12,13). The Morgan fingerprint density at radius 1 is 1.71 bits per heavy atom. The van der Waals surface area contributed by atoms with Crippen molar-refractivity contribution in [2.45, 2.75) is 18.1 Å². The summed E-state index contributed by atoms with van der Waals surface area (Å²) in [6.45, 7) is 0. The molecule has 2 amide bonds. The van der Waals surface area contributed by atoms with E-state index in [-0.39, 0.29) is 23.5 Å². The van der Waals surface area contributed by atoms with Crippen molar-refractivity contribution in [3.8, 4) is 0 Å². The second-order valence-electron chi connectivity index (χ2n) is 2.94. The summed E-state index contributed by atoms with van der Waals surface area (Å²) < 4.78 is 0. The molecule has 0 bridgehead atoms. The average Bonchev–Trinajstić information content (AvgIpc) is 2.45.